The van der Waals surface area contributed by atoms with Crippen molar-refractivity contribution in [2.45, 2.75) is 67.6 Å². The van der Waals surface area contributed by atoms with Gasteiger partial charge in [-0.05, 0) is 49.8 Å². The van der Waals surface area contributed by atoms with E-state index in [2.05, 4.69) is 34.4 Å². The fourth-order valence-corrected chi connectivity index (χ4v) is 8.79. The Labute approximate surface area is 300 Å². The molecule has 262 valence electrons. The van der Waals surface area contributed by atoms with Crippen LogP contribution in [-0.4, -0.2) is 82.6 Å². The second-order valence-electron chi connectivity index (χ2n) is 12.8. The van der Waals surface area contributed by atoms with Crippen LogP contribution in [0.4, 0.5) is 5.69 Å². The van der Waals surface area contributed by atoms with E-state index in [-0.39, 0.29) is 49.4 Å². The number of aryl methyl sites for hydroxylation is 1. The van der Waals surface area contributed by atoms with Crippen LogP contribution in [-0.2, 0) is 28.7 Å². The first-order valence-electron chi connectivity index (χ1n) is 16.6. The number of anilines is 1. The molecule has 2 bridgehead atoms. The number of amides is 3. The molecule has 3 saturated heterocycles. The molecule has 2 aromatic carbocycles. The van der Waals surface area contributed by atoms with Crippen molar-refractivity contribution in [3.05, 3.63) is 90.0 Å². The first-order valence-corrected chi connectivity index (χ1v) is 17.9. The first-order chi connectivity index (χ1) is 23.6. The van der Waals surface area contributed by atoms with Gasteiger partial charge >= 0.3 is 5.97 Å². The van der Waals surface area contributed by atoms with E-state index in [1.165, 1.54) is 9.80 Å². The third kappa shape index (κ3) is 7.22. The number of carbonyl (C=O) groups excluding carboxylic acids is 4. The van der Waals surface area contributed by atoms with Crippen LogP contribution in [0.2, 0.25) is 5.02 Å². The Kier molecular flexibility index (Phi) is 12.0. The summed E-state index contributed by atoms with van der Waals surface area (Å²) in [7, 11) is 0. The molecule has 0 aromatic heterocycles. The number of nitrogens with zero attached hydrogens (tertiary/aromatic N) is 2. The number of esters is 1. The highest BCUT2D eigenvalue weighted by atomic mass is 79.9. The van der Waals surface area contributed by atoms with Gasteiger partial charge in [-0.1, -0.05) is 82.1 Å². The third-order valence-electron chi connectivity index (χ3n) is 9.65. The summed E-state index contributed by atoms with van der Waals surface area (Å²) in [6.45, 7) is 9.53. The number of rotatable bonds is 16. The maximum atomic E-state index is 14.9. The van der Waals surface area contributed by atoms with E-state index in [0.717, 1.165) is 11.1 Å². The molecule has 10 nitrogen and oxygen atoms in total. The minimum Gasteiger partial charge on any atom is -0.463 e. The SMILES string of the molecule is C=CCCC(=O)OC[C@@H](NC(=O)[C@@H]1[C@H]2O[C@@]3(CC2Br)[C@H](C(=O)N(CC=C)c2c(C)cccc2Cl)N(CCCCO)C(=O)[C@@H]13)c1ccccc1. The molecule has 2 aromatic rings. The maximum absolute atomic E-state index is 14.9. The normalized spacial score (nSPS) is 25.8. The molecule has 0 aliphatic carbocycles. The fraction of sp³-hybridized carbons (Fsp3) is 0.459. The van der Waals surface area contributed by atoms with E-state index in [9.17, 15) is 24.3 Å². The van der Waals surface area contributed by atoms with Gasteiger partial charge in [0.25, 0.3) is 5.91 Å². The molecule has 3 amide bonds. The standard InChI is InChI=1S/C37H43BrClN3O7/c1-4-6-17-28(44)48-22-27(24-14-8-7-9-15-24)40-34(45)29-30-35(46)42(19-10-11-20-43)33(37(30)21-25(38)32(29)49-37)36(47)41(18-5-2)31-23(3)13-12-16-26(31)39/h4-5,7-9,12-16,25,27,29-30,32-33,43H,1-2,6,10-11,17-22H2,3H3,(H,40,45)/t25?,27-,29+,30-,32+,33+,37-/m1/s1. The Hall–Kier alpha value is -3.51. The second-order valence-corrected chi connectivity index (χ2v) is 14.3. The Morgan fingerprint density at radius 3 is 2.61 bits per heavy atom. The number of carbonyl (C=O) groups is 4. The van der Waals surface area contributed by atoms with Crippen LogP contribution >= 0.6 is 27.5 Å². The van der Waals surface area contributed by atoms with E-state index in [4.69, 9.17) is 21.1 Å². The van der Waals surface area contributed by atoms with Crippen molar-refractivity contribution < 1.29 is 33.8 Å². The zero-order valence-corrected chi connectivity index (χ0v) is 29.9. The van der Waals surface area contributed by atoms with Gasteiger partial charge in [-0.2, -0.15) is 0 Å². The van der Waals surface area contributed by atoms with Crippen molar-refractivity contribution >= 4 is 56.9 Å². The molecule has 49 heavy (non-hydrogen) atoms. The second kappa shape index (κ2) is 16.0. The molecule has 3 aliphatic heterocycles. The summed E-state index contributed by atoms with van der Waals surface area (Å²) >= 11 is 10.4. The van der Waals surface area contributed by atoms with Crippen LogP contribution in [0.25, 0.3) is 0 Å². The zero-order chi connectivity index (χ0) is 35.3. The molecule has 12 heteroatoms. The number of unbranched alkanes of at least 4 members (excludes halogenated alkanes) is 1. The molecule has 3 aliphatic rings. The van der Waals surface area contributed by atoms with Crippen molar-refractivity contribution in [3.8, 4) is 0 Å². The molecule has 2 N–H and O–H groups in total. The molecule has 1 unspecified atom stereocenters. The summed E-state index contributed by atoms with van der Waals surface area (Å²) in [5.74, 6) is -3.45. The average molecular weight is 757 g/mol. The van der Waals surface area contributed by atoms with Crippen LogP contribution in [0.15, 0.2) is 73.8 Å². The molecule has 7 atom stereocenters. The minimum atomic E-state index is -1.30. The van der Waals surface area contributed by atoms with Crippen LogP contribution in [0.1, 0.15) is 49.3 Å². The molecule has 0 saturated carbocycles. The molecule has 3 fully saturated rings. The summed E-state index contributed by atoms with van der Waals surface area (Å²) in [5, 5.41) is 13.0. The van der Waals surface area contributed by atoms with Crippen molar-refractivity contribution in [1.82, 2.24) is 10.2 Å². The summed E-state index contributed by atoms with van der Waals surface area (Å²) < 4.78 is 12.2. The topological polar surface area (TPSA) is 125 Å². The molecular weight excluding hydrogens is 714 g/mol. The lowest BCUT2D eigenvalue weighted by molar-refractivity contribution is -0.145. The number of nitrogens with one attached hydrogen (secondary N) is 1. The number of aliphatic hydroxyl groups excluding tert-OH is 1. The quantitative estimate of drug-likeness (QED) is 0.106. The van der Waals surface area contributed by atoms with Crippen molar-refractivity contribution in [3.63, 3.8) is 0 Å². The number of likely N-dealkylation sites (tertiary alicyclic amines) is 1. The number of allylic oxidation sites excluding steroid dienone is 1. The summed E-state index contributed by atoms with van der Waals surface area (Å²) in [5.41, 5.74) is 0.718. The van der Waals surface area contributed by atoms with Crippen LogP contribution in [0.3, 0.4) is 0 Å². The molecule has 3 heterocycles. The van der Waals surface area contributed by atoms with Gasteiger partial charge in [0.05, 0.1) is 34.7 Å². The number of para-hydroxylation sites is 1. The smallest absolute Gasteiger partial charge is 0.306 e. The highest BCUT2D eigenvalue weighted by Crippen LogP contribution is 2.60. The van der Waals surface area contributed by atoms with Gasteiger partial charge in [-0.15, -0.1) is 13.2 Å². The average Bonchev–Trinajstić information content (AvgIpc) is 3.68. The van der Waals surface area contributed by atoms with Crippen molar-refractivity contribution in [2.24, 2.45) is 11.8 Å². The highest BCUT2D eigenvalue weighted by molar-refractivity contribution is 9.09. The lowest BCUT2D eigenvalue weighted by atomic mass is 9.70. The van der Waals surface area contributed by atoms with Gasteiger partial charge in [0.1, 0.15) is 18.2 Å². The highest BCUT2D eigenvalue weighted by Gasteiger charge is 2.76. The summed E-state index contributed by atoms with van der Waals surface area (Å²) in [6, 6.07) is 12.8. The molecule has 1 spiro atoms. The number of alkyl halides is 1. The summed E-state index contributed by atoms with van der Waals surface area (Å²) in [6.07, 6.45) is 4.40. The van der Waals surface area contributed by atoms with Crippen LogP contribution in [0, 0.1) is 18.8 Å². The van der Waals surface area contributed by atoms with Crippen molar-refractivity contribution in [2.75, 3.05) is 31.2 Å². The predicted octanol–water partition coefficient (Wildman–Crippen LogP) is 5.05. The van der Waals surface area contributed by atoms with Gasteiger partial charge in [-0.25, -0.2) is 0 Å². The Bertz CT molecular complexity index is 1550. The number of hydrogen-bond acceptors (Lipinski definition) is 7. The third-order valence-corrected chi connectivity index (χ3v) is 10.8. The Morgan fingerprint density at radius 1 is 1.18 bits per heavy atom. The minimum absolute atomic E-state index is 0.0667. The molecular formula is C37H43BrClN3O7. The van der Waals surface area contributed by atoms with E-state index in [1.54, 1.807) is 24.3 Å². The van der Waals surface area contributed by atoms with E-state index < -0.39 is 47.5 Å². The zero-order valence-electron chi connectivity index (χ0n) is 27.6. The number of ether oxygens (including phenoxy) is 2. The summed E-state index contributed by atoms with van der Waals surface area (Å²) in [4.78, 5) is 58.9. The van der Waals surface area contributed by atoms with Crippen molar-refractivity contribution in [1.29, 1.82) is 0 Å². The van der Waals surface area contributed by atoms with Gasteiger partial charge in [0.15, 0.2) is 0 Å². The molecule has 0 radical (unpaired) electrons. The Morgan fingerprint density at radius 2 is 1.94 bits per heavy atom. The van der Waals surface area contributed by atoms with Gasteiger partial charge < -0.3 is 29.7 Å². The van der Waals surface area contributed by atoms with Gasteiger partial charge in [-0.3, -0.25) is 19.2 Å². The number of fused-ring (bicyclic) bond motifs is 1. The van der Waals surface area contributed by atoms with E-state index >= 15 is 0 Å². The predicted molar refractivity (Wildman–Crippen MR) is 190 cm³/mol. The van der Waals surface area contributed by atoms with Crippen LogP contribution in [0.5, 0.6) is 0 Å². The molecule has 5 rings (SSSR count). The van der Waals surface area contributed by atoms with E-state index in [1.807, 2.05) is 43.3 Å². The lowest BCUT2D eigenvalue weighted by Gasteiger charge is -2.37. The monoisotopic (exact) mass is 755 g/mol. The van der Waals surface area contributed by atoms with Crippen LogP contribution < -0.4 is 10.2 Å². The van der Waals surface area contributed by atoms with Gasteiger partial charge in [0.2, 0.25) is 11.8 Å². The van der Waals surface area contributed by atoms with Gasteiger partial charge in [0, 0.05) is 30.9 Å². The van der Waals surface area contributed by atoms with E-state index in [0.29, 0.717) is 36.4 Å². The number of aliphatic hydroxyl groups is 1. The number of benzene rings is 2. The first kappa shape index (κ1) is 36.8. The number of halogens is 2. The number of hydrogen-bond donors (Lipinski definition) is 2. The largest absolute Gasteiger partial charge is 0.463 e. The fourth-order valence-electron chi connectivity index (χ4n) is 7.52. The lowest BCUT2D eigenvalue weighted by Crippen LogP contribution is -2.57. The maximum Gasteiger partial charge on any atom is 0.306 e. The Balaban J connectivity index is 1.50.